The Kier molecular flexibility index (Phi) is 8.32. The minimum absolute atomic E-state index is 0. The zero-order chi connectivity index (χ0) is 21.6. The van der Waals surface area contributed by atoms with E-state index in [2.05, 4.69) is 53.4 Å². The van der Waals surface area contributed by atoms with Gasteiger partial charge in [0.15, 0.2) is 11.5 Å². The van der Waals surface area contributed by atoms with Gasteiger partial charge in [0.2, 0.25) is 6.79 Å². The lowest BCUT2D eigenvalue weighted by Crippen LogP contribution is -2.36. The molecule has 3 aromatic rings. The van der Waals surface area contributed by atoms with E-state index in [1.54, 1.807) is 0 Å². The van der Waals surface area contributed by atoms with Crippen LogP contribution in [0.3, 0.4) is 0 Å². The van der Waals surface area contributed by atoms with Gasteiger partial charge in [-0.1, -0.05) is 49.2 Å². The summed E-state index contributed by atoms with van der Waals surface area (Å²) >= 11 is 0. The molecule has 0 amide bonds. The van der Waals surface area contributed by atoms with E-state index in [9.17, 15) is 0 Å². The molecule has 1 saturated heterocycles. The summed E-state index contributed by atoms with van der Waals surface area (Å²) in [5, 5.41) is 2.34. The maximum absolute atomic E-state index is 6.21. The van der Waals surface area contributed by atoms with Crippen molar-refractivity contribution >= 4 is 23.2 Å². The van der Waals surface area contributed by atoms with Crippen molar-refractivity contribution in [2.75, 3.05) is 46.2 Å². The standard InChI is InChI=1S/C27H31NO4.ClH/c1(5-13-28-14-17-29-18-15-28)2-6-16-30-25-12-10-22(23-7-3-4-8-24(23)25)21-9-11-26-27(19-21)32-20-31-26;/h3-4,7-12,19H,1-2,5-6,13-18,20H2;1H. The second-order valence-electron chi connectivity index (χ2n) is 8.44. The predicted octanol–water partition coefficient (Wildman–Crippen LogP) is 5.93. The molecule has 0 radical (unpaired) electrons. The number of ether oxygens (including phenoxy) is 4. The predicted molar refractivity (Wildman–Crippen MR) is 134 cm³/mol. The number of unbranched alkanes of at least 4 members (excludes halogenated alkanes) is 3. The number of halogens is 1. The van der Waals surface area contributed by atoms with Crippen LogP contribution in [0.5, 0.6) is 17.2 Å². The van der Waals surface area contributed by atoms with E-state index in [0.717, 1.165) is 67.5 Å². The maximum atomic E-state index is 6.21. The first-order valence-electron chi connectivity index (χ1n) is 11.7. The maximum Gasteiger partial charge on any atom is 0.231 e. The van der Waals surface area contributed by atoms with Gasteiger partial charge in [0.05, 0.1) is 19.8 Å². The van der Waals surface area contributed by atoms with E-state index >= 15 is 0 Å². The Hall–Kier alpha value is -2.47. The lowest BCUT2D eigenvalue weighted by atomic mass is 9.97. The topological polar surface area (TPSA) is 40.2 Å². The highest BCUT2D eigenvalue weighted by atomic mass is 35.5. The molecule has 0 bridgehead atoms. The molecule has 176 valence electrons. The van der Waals surface area contributed by atoms with E-state index in [4.69, 9.17) is 18.9 Å². The molecule has 33 heavy (non-hydrogen) atoms. The summed E-state index contributed by atoms with van der Waals surface area (Å²) in [4.78, 5) is 2.51. The lowest BCUT2D eigenvalue weighted by Gasteiger charge is -2.26. The van der Waals surface area contributed by atoms with Crippen molar-refractivity contribution in [3.05, 3.63) is 54.6 Å². The van der Waals surface area contributed by atoms with Gasteiger partial charge in [0.1, 0.15) is 5.75 Å². The molecule has 2 heterocycles. The lowest BCUT2D eigenvalue weighted by molar-refractivity contribution is 0.0371. The summed E-state index contributed by atoms with van der Waals surface area (Å²) < 4.78 is 22.6. The van der Waals surface area contributed by atoms with Crippen molar-refractivity contribution in [3.8, 4) is 28.4 Å². The number of rotatable bonds is 9. The summed E-state index contributed by atoms with van der Waals surface area (Å²) in [5.74, 6) is 2.57. The monoisotopic (exact) mass is 469 g/mol. The number of benzene rings is 3. The molecule has 3 aromatic carbocycles. The van der Waals surface area contributed by atoms with Crippen LogP contribution in [0.2, 0.25) is 0 Å². The average Bonchev–Trinajstić information content (AvgIpc) is 3.32. The minimum atomic E-state index is 0. The summed E-state index contributed by atoms with van der Waals surface area (Å²) in [7, 11) is 0. The molecule has 2 aliphatic rings. The number of hydrogen-bond donors (Lipinski definition) is 0. The number of morpholine rings is 1. The normalized spacial score (nSPS) is 15.4. The Balaban J connectivity index is 0.00000259. The Morgan fingerprint density at radius 2 is 1.58 bits per heavy atom. The summed E-state index contributed by atoms with van der Waals surface area (Å²) in [6.45, 7) is 6.17. The Bertz CT molecular complexity index is 1050. The SMILES string of the molecule is Cl.c1ccc2c(-c3ccc4c(c3)OCO4)ccc(OCCCCCCN3CCOCC3)c2c1. The van der Waals surface area contributed by atoms with Gasteiger partial charge < -0.3 is 18.9 Å². The van der Waals surface area contributed by atoms with E-state index in [1.165, 1.54) is 36.8 Å². The Labute approximate surface area is 202 Å². The molecule has 6 heteroatoms. The molecular weight excluding hydrogens is 438 g/mol. The van der Waals surface area contributed by atoms with Gasteiger partial charge in [0.25, 0.3) is 0 Å². The zero-order valence-corrected chi connectivity index (χ0v) is 19.8. The fraction of sp³-hybridized carbons (Fsp3) is 0.407. The third-order valence-electron chi connectivity index (χ3n) is 6.30. The molecule has 2 aliphatic heterocycles. The second-order valence-corrected chi connectivity index (χ2v) is 8.44. The number of nitrogens with zero attached hydrogens (tertiary/aromatic N) is 1. The molecule has 1 fully saturated rings. The highest BCUT2D eigenvalue weighted by Gasteiger charge is 2.16. The molecule has 5 rings (SSSR count). The highest BCUT2D eigenvalue weighted by Crippen LogP contribution is 2.39. The van der Waals surface area contributed by atoms with E-state index in [0.29, 0.717) is 6.79 Å². The van der Waals surface area contributed by atoms with E-state index in [1.807, 2.05) is 6.07 Å². The van der Waals surface area contributed by atoms with Gasteiger partial charge in [0, 0.05) is 18.5 Å². The van der Waals surface area contributed by atoms with Crippen LogP contribution in [-0.2, 0) is 4.74 Å². The zero-order valence-electron chi connectivity index (χ0n) is 19.0. The van der Waals surface area contributed by atoms with Crippen LogP contribution in [0, 0.1) is 0 Å². The van der Waals surface area contributed by atoms with Crippen molar-refractivity contribution in [2.45, 2.75) is 25.7 Å². The van der Waals surface area contributed by atoms with Crippen LogP contribution in [0.4, 0.5) is 0 Å². The summed E-state index contributed by atoms with van der Waals surface area (Å²) in [6, 6.07) is 18.8. The van der Waals surface area contributed by atoms with Crippen molar-refractivity contribution in [1.29, 1.82) is 0 Å². The molecule has 5 nitrogen and oxygen atoms in total. The van der Waals surface area contributed by atoms with Crippen molar-refractivity contribution in [3.63, 3.8) is 0 Å². The Morgan fingerprint density at radius 1 is 0.788 bits per heavy atom. The molecular formula is C27H32ClNO4. The van der Waals surface area contributed by atoms with Gasteiger partial charge in [-0.15, -0.1) is 12.4 Å². The van der Waals surface area contributed by atoms with E-state index < -0.39 is 0 Å². The van der Waals surface area contributed by atoms with Crippen LogP contribution in [0.1, 0.15) is 25.7 Å². The first-order valence-corrected chi connectivity index (χ1v) is 11.7. The summed E-state index contributed by atoms with van der Waals surface area (Å²) in [5.41, 5.74) is 2.30. The van der Waals surface area contributed by atoms with Crippen molar-refractivity contribution in [2.24, 2.45) is 0 Å². The van der Waals surface area contributed by atoms with Crippen LogP contribution in [0.15, 0.2) is 54.6 Å². The van der Waals surface area contributed by atoms with Gasteiger partial charge in [-0.25, -0.2) is 0 Å². The average molecular weight is 470 g/mol. The highest BCUT2D eigenvalue weighted by molar-refractivity contribution is 6.00. The molecule has 0 saturated carbocycles. The van der Waals surface area contributed by atoms with Crippen LogP contribution < -0.4 is 14.2 Å². The first kappa shape index (κ1) is 23.7. The second kappa shape index (κ2) is 11.6. The minimum Gasteiger partial charge on any atom is -0.493 e. The van der Waals surface area contributed by atoms with Gasteiger partial charge in [-0.2, -0.15) is 0 Å². The smallest absolute Gasteiger partial charge is 0.231 e. The molecule has 0 spiro atoms. The quantitative estimate of drug-likeness (QED) is 0.363. The molecule has 0 unspecified atom stereocenters. The molecule has 0 atom stereocenters. The largest absolute Gasteiger partial charge is 0.493 e. The van der Waals surface area contributed by atoms with Gasteiger partial charge in [-0.05, 0) is 54.1 Å². The third kappa shape index (κ3) is 5.72. The summed E-state index contributed by atoms with van der Waals surface area (Å²) in [6.07, 6.45) is 4.80. The van der Waals surface area contributed by atoms with Crippen molar-refractivity contribution < 1.29 is 18.9 Å². The van der Waals surface area contributed by atoms with Crippen molar-refractivity contribution in [1.82, 2.24) is 4.90 Å². The fourth-order valence-corrected chi connectivity index (χ4v) is 4.51. The first-order chi connectivity index (χ1) is 15.9. The fourth-order valence-electron chi connectivity index (χ4n) is 4.51. The molecule has 0 aromatic heterocycles. The molecule has 0 N–H and O–H groups in total. The van der Waals surface area contributed by atoms with E-state index in [-0.39, 0.29) is 12.4 Å². The van der Waals surface area contributed by atoms with Gasteiger partial charge in [-0.3, -0.25) is 4.90 Å². The van der Waals surface area contributed by atoms with Gasteiger partial charge >= 0.3 is 0 Å². The van der Waals surface area contributed by atoms with Crippen LogP contribution >= 0.6 is 12.4 Å². The third-order valence-corrected chi connectivity index (χ3v) is 6.30. The number of hydrogen-bond acceptors (Lipinski definition) is 5. The van der Waals surface area contributed by atoms with Crippen LogP contribution in [0.25, 0.3) is 21.9 Å². The number of fused-ring (bicyclic) bond motifs is 2. The Morgan fingerprint density at radius 3 is 2.45 bits per heavy atom. The molecule has 0 aliphatic carbocycles. The van der Waals surface area contributed by atoms with Crippen LogP contribution in [-0.4, -0.2) is 51.1 Å².